The SMILES string of the molecule is Cc1cc(C)cc(Cn2cc(CC(=O)O)nn2)c1. The van der Waals surface area contributed by atoms with Gasteiger partial charge in [-0.1, -0.05) is 34.5 Å². The molecule has 0 saturated heterocycles. The number of carboxylic acid groups (broad SMARTS) is 1. The van der Waals surface area contributed by atoms with Crippen molar-refractivity contribution in [1.29, 1.82) is 0 Å². The van der Waals surface area contributed by atoms with Gasteiger partial charge in [0.15, 0.2) is 0 Å². The Morgan fingerprint density at radius 3 is 2.56 bits per heavy atom. The van der Waals surface area contributed by atoms with Gasteiger partial charge in [-0.15, -0.1) is 5.10 Å². The standard InChI is InChI=1S/C13H15N3O2/c1-9-3-10(2)5-11(4-9)7-16-8-12(14-15-16)6-13(17)18/h3-5,8H,6-7H2,1-2H3,(H,17,18). The summed E-state index contributed by atoms with van der Waals surface area (Å²) in [6.45, 7) is 4.70. The highest BCUT2D eigenvalue weighted by Gasteiger charge is 2.06. The fourth-order valence-corrected chi connectivity index (χ4v) is 2.00. The number of rotatable bonds is 4. The van der Waals surface area contributed by atoms with Crippen LogP contribution >= 0.6 is 0 Å². The van der Waals surface area contributed by atoms with E-state index in [1.165, 1.54) is 11.1 Å². The quantitative estimate of drug-likeness (QED) is 0.887. The minimum atomic E-state index is -0.895. The van der Waals surface area contributed by atoms with Crippen LogP contribution in [-0.2, 0) is 17.8 Å². The summed E-state index contributed by atoms with van der Waals surface area (Å²) in [4.78, 5) is 10.5. The third kappa shape index (κ3) is 3.16. The second-order valence-electron chi connectivity index (χ2n) is 4.47. The van der Waals surface area contributed by atoms with E-state index >= 15 is 0 Å². The van der Waals surface area contributed by atoms with E-state index in [2.05, 4.69) is 28.5 Å². The Kier molecular flexibility index (Phi) is 3.41. The van der Waals surface area contributed by atoms with Crippen molar-refractivity contribution in [1.82, 2.24) is 15.0 Å². The maximum Gasteiger partial charge on any atom is 0.309 e. The van der Waals surface area contributed by atoms with E-state index in [0.717, 1.165) is 5.56 Å². The van der Waals surface area contributed by atoms with Crippen molar-refractivity contribution in [3.8, 4) is 0 Å². The lowest BCUT2D eigenvalue weighted by Crippen LogP contribution is -2.01. The minimum Gasteiger partial charge on any atom is -0.481 e. The van der Waals surface area contributed by atoms with Crippen LogP contribution in [0.4, 0.5) is 0 Å². The Hall–Kier alpha value is -2.17. The van der Waals surface area contributed by atoms with E-state index in [-0.39, 0.29) is 6.42 Å². The maximum absolute atomic E-state index is 10.5. The first-order valence-corrected chi connectivity index (χ1v) is 5.71. The van der Waals surface area contributed by atoms with Gasteiger partial charge in [-0.2, -0.15) is 0 Å². The van der Waals surface area contributed by atoms with Crippen LogP contribution in [0.3, 0.4) is 0 Å². The molecule has 1 N–H and O–H groups in total. The molecule has 94 valence electrons. The molecule has 2 rings (SSSR count). The third-order valence-electron chi connectivity index (χ3n) is 2.54. The number of hydrogen-bond donors (Lipinski definition) is 1. The molecule has 2 aromatic rings. The van der Waals surface area contributed by atoms with Gasteiger partial charge in [-0.3, -0.25) is 4.79 Å². The number of aromatic nitrogens is 3. The number of aryl methyl sites for hydroxylation is 2. The van der Waals surface area contributed by atoms with E-state index in [1.54, 1.807) is 10.9 Å². The predicted molar refractivity (Wildman–Crippen MR) is 66.4 cm³/mol. The van der Waals surface area contributed by atoms with Crippen LogP contribution in [0.25, 0.3) is 0 Å². The Morgan fingerprint density at radius 1 is 1.28 bits per heavy atom. The second-order valence-corrected chi connectivity index (χ2v) is 4.47. The van der Waals surface area contributed by atoms with Gasteiger partial charge in [0.1, 0.15) is 0 Å². The highest BCUT2D eigenvalue weighted by molar-refractivity contribution is 5.69. The smallest absolute Gasteiger partial charge is 0.309 e. The first-order chi connectivity index (χ1) is 8.52. The zero-order chi connectivity index (χ0) is 13.1. The van der Waals surface area contributed by atoms with E-state index in [9.17, 15) is 4.79 Å². The lowest BCUT2D eigenvalue weighted by Gasteiger charge is -2.04. The van der Waals surface area contributed by atoms with Gasteiger partial charge in [0, 0.05) is 6.20 Å². The lowest BCUT2D eigenvalue weighted by molar-refractivity contribution is -0.136. The molecule has 0 spiro atoms. The minimum absolute atomic E-state index is 0.0904. The highest BCUT2D eigenvalue weighted by atomic mass is 16.4. The van der Waals surface area contributed by atoms with Gasteiger partial charge < -0.3 is 5.11 Å². The number of aliphatic carboxylic acids is 1. The van der Waals surface area contributed by atoms with Crippen molar-refractivity contribution in [3.05, 3.63) is 46.8 Å². The van der Waals surface area contributed by atoms with Gasteiger partial charge in [-0.25, -0.2) is 4.68 Å². The molecule has 0 radical (unpaired) electrons. The zero-order valence-electron chi connectivity index (χ0n) is 10.4. The molecule has 18 heavy (non-hydrogen) atoms. The first kappa shape index (κ1) is 12.3. The lowest BCUT2D eigenvalue weighted by atomic mass is 10.1. The van der Waals surface area contributed by atoms with Crippen LogP contribution in [-0.4, -0.2) is 26.1 Å². The van der Waals surface area contributed by atoms with Crippen LogP contribution in [0.15, 0.2) is 24.4 Å². The zero-order valence-corrected chi connectivity index (χ0v) is 10.4. The molecule has 1 aromatic heterocycles. The number of carboxylic acids is 1. The summed E-state index contributed by atoms with van der Waals surface area (Å²) in [6.07, 6.45) is 1.58. The van der Waals surface area contributed by atoms with E-state index in [1.807, 2.05) is 13.8 Å². The molecule has 0 saturated carbocycles. The van der Waals surface area contributed by atoms with Crippen LogP contribution in [0.2, 0.25) is 0 Å². The van der Waals surface area contributed by atoms with Gasteiger partial charge in [-0.05, 0) is 19.4 Å². The monoisotopic (exact) mass is 245 g/mol. The summed E-state index contributed by atoms with van der Waals surface area (Å²) in [5, 5.41) is 16.4. The van der Waals surface area contributed by atoms with Gasteiger partial charge in [0.2, 0.25) is 0 Å². The van der Waals surface area contributed by atoms with Crippen molar-refractivity contribution in [3.63, 3.8) is 0 Å². The molecule has 0 amide bonds. The number of benzene rings is 1. The third-order valence-corrected chi connectivity index (χ3v) is 2.54. The molecule has 0 aliphatic rings. The fourth-order valence-electron chi connectivity index (χ4n) is 2.00. The molecule has 0 atom stereocenters. The number of carbonyl (C=O) groups is 1. The Bertz CT molecular complexity index is 555. The van der Waals surface area contributed by atoms with Gasteiger partial charge >= 0.3 is 5.97 Å². The topological polar surface area (TPSA) is 68.0 Å². The summed E-state index contributed by atoms with van der Waals surface area (Å²) in [5.74, 6) is -0.895. The van der Waals surface area contributed by atoms with Crippen LogP contribution in [0.1, 0.15) is 22.4 Å². The predicted octanol–water partition coefficient (Wildman–Crippen LogP) is 1.57. The van der Waals surface area contributed by atoms with Crippen molar-refractivity contribution >= 4 is 5.97 Å². The average Bonchev–Trinajstić information content (AvgIpc) is 2.62. The van der Waals surface area contributed by atoms with E-state index in [4.69, 9.17) is 5.11 Å². The van der Waals surface area contributed by atoms with Crippen LogP contribution in [0, 0.1) is 13.8 Å². The molecule has 0 fully saturated rings. The Morgan fingerprint density at radius 2 is 1.94 bits per heavy atom. The molecule has 0 aliphatic carbocycles. The number of hydrogen-bond acceptors (Lipinski definition) is 3. The highest BCUT2D eigenvalue weighted by Crippen LogP contribution is 2.10. The molecule has 0 unspecified atom stereocenters. The molecule has 1 aromatic carbocycles. The van der Waals surface area contributed by atoms with Crippen molar-refractivity contribution in [2.75, 3.05) is 0 Å². The van der Waals surface area contributed by atoms with Crippen LogP contribution in [0.5, 0.6) is 0 Å². The molecule has 0 aliphatic heterocycles. The Labute approximate surface area is 105 Å². The first-order valence-electron chi connectivity index (χ1n) is 5.71. The van der Waals surface area contributed by atoms with Crippen molar-refractivity contribution in [2.45, 2.75) is 26.8 Å². The van der Waals surface area contributed by atoms with E-state index < -0.39 is 5.97 Å². The van der Waals surface area contributed by atoms with Crippen LogP contribution < -0.4 is 0 Å². The molecular formula is C13H15N3O2. The molecule has 5 nitrogen and oxygen atoms in total. The van der Waals surface area contributed by atoms with Crippen molar-refractivity contribution < 1.29 is 9.90 Å². The molecule has 5 heteroatoms. The molecule has 1 heterocycles. The largest absolute Gasteiger partial charge is 0.481 e. The number of nitrogens with zero attached hydrogens (tertiary/aromatic N) is 3. The summed E-state index contributed by atoms with van der Waals surface area (Å²) < 4.78 is 1.66. The van der Waals surface area contributed by atoms with Gasteiger partial charge in [0.05, 0.1) is 18.7 Å². The second kappa shape index (κ2) is 5.00. The fraction of sp³-hybridized carbons (Fsp3) is 0.308. The molecular weight excluding hydrogens is 230 g/mol. The Balaban J connectivity index is 2.13. The summed E-state index contributed by atoms with van der Waals surface area (Å²) in [5.41, 5.74) is 4.03. The summed E-state index contributed by atoms with van der Waals surface area (Å²) >= 11 is 0. The average molecular weight is 245 g/mol. The normalized spacial score (nSPS) is 10.6. The summed E-state index contributed by atoms with van der Waals surface area (Å²) in [6, 6.07) is 6.29. The van der Waals surface area contributed by atoms with Gasteiger partial charge in [0.25, 0.3) is 0 Å². The van der Waals surface area contributed by atoms with Crippen molar-refractivity contribution in [2.24, 2.45) is 0 Å². The maximum atomic E-state index is 10.5. The van der Waals surface area contributed by atoms with E-state index in [0.29, 0.717) is 12.2 Å². The summed E-state index contributed by atoms with van der Waals surface area (Å²) in [7, 11) is 0. The molecule has 0 bridgehead atoms.